The van der Waals surface area contributed by atoms with E-state index in [9.17, 15) is 5.11 Å². The predicted octanol–water partition coefficient (Wildman–Crippen LogP) is 3.97. The summed E-state index contributed by atoms with van der Waals surface area (Å²) >= 11 is 0. The summed E-state index contributed by atoms with van der Waals surface area (Å²) in [5.41, 5.74) is 0. The molecular formula is C14H30O2Si. The van der Waals surface area contributed by atoms with E-state index in [1.54, 1.807) is 6.08 Å². The van der Waals surface area contributed by atoms with Crippen molar-refractivity contribution in [1.29, 1.82) is 0 Å². The number of hydrogen-bond acceptors (Lipinski definition) is 2. The Bertz CT molecular complexity index is 243. The van der Waals surface area contributed by atoms with Crippen molar-refractivity contribution < 1.29 is 9.53 Å². The minimum Gasteiger partial charge on any atom is -0.414 e. The fourth-order valence-electron chi connectivity index (χ4n) is 1.45. The van der Waals surface area contributed by atoms with Crippen molar-refractivity contribution in [2.24, 2.45) is 5.92 Å². The molecule has 0 aliphatic carbocycles. The van der Waals surface area contributed by atoms with Gasteiger partial charge in [-0.25, -0.2) is 0 Å². The number of aliphatic hydroxyl groups excluding tert-OH is 1. The first-order valence-corrected chi connectivity index (χ1v) is 9.40. The Balaban J connectivity index is 4.53. The molecule has 2 nitrogen and oxygen atoms in total. The van der Waals surface area contributed by atoms with Gasteiger partial charge in [0.1, 0.15) is 0 Å². The van der Waals surface area contributed by atoms with Crippen molar-refractivity contribution >= 4 is 8.32 Å². The second-order valence-electron chi connectivity index (χ2n) is 6.53. The molecule has 0 aliphatic heterocycles. The van der Waals surface area contributed by atoms with Crippen LogP contribution < -0.4 is 0 Å². The van der Waals surface area contributed by atoms with Crippen molar-refractivity contribution in [3.05, 3.63) is 12.7 Å². The molecular weight excluding hydrogens is 228 g/mol. The maximum Gasteiger partial charge on any atom is 0.192 e. The summed E-state index contributed by atoms with van der Waals surface area (Å²) in [5.74, 6) is 0.141. The first kappa shape index (κ1) is 16.9. The molecule has 0 rings (SSSR count). The molecule has 0 unspecified atom stereocenters. The summed E-state index contributed by atoms with van der Waals surface area (Å²) in [6.45, 7) is 19.0. The van der Waals surface area contributed by atoms with Crippen LogP contribution in [-0.4, -0.2) is 25.6 Å². The molecule has 0 fully saturated rings. The Morgan fingerprint density at radius 2 is 1.76 bits per heavy atom. The molecule has 3 atom stereocenters. The van der Waals surface area contributed by atoms with Crippen molar-refractivity contribution in [3.8, 4) is 0 Å². The Hall–Kier alpha value is -0.123. The lowest BCUT2D eigenvalue weighted by molar-refractivity contribution is 0.0392. The average Bonchev–Trinajstić information content (AvgIpc) is 2.14. The van der Waals surface area contributed by atoms with Crippen LogP contribution in [0.4, 0.5) is 0 Å². The fourth-order valence-corrected chi connectivity index (χ4v) is 2.94. The van der Waals surface area contributed by atoms with E-state index in [1.807, 2.05) is 6.92 Å². The minimum atomic E-state index is -1.74. The van der Waals surface area contributed by atoms with Crippen molar-refractivity contribution in [2.45, 2.75) is 71.4 Å². The van der Waals surface area contributed by atoms with Gasteiger partial charge in [-0.05, 0) is 31.5 Å². The molecule has 0 aliphatic rings. The molecule has 1 N–H and O–H groups in total. The lowest BCUT2D eigenvalue weighted by atomic mass is 9.97. The third-order valence-electron chi connectivity index (χ3n) is 4.04. The summed E-state index contributed by atoms with van der Waals surface area (Å²) in [6.07, 6.45) is 2.13. The van der Waals surface area contributed by atoms with Gasteiger partial charge in [-0.1, -0.05) is 33.8 Å². The zero-order valence-electron chi connectivity index (χ0n) is 12.6. The Kier molecular flexibility index (Phi) is 6.12. The van der Waals surface area contributed by atoms with E-state index in [0.29, 0.717) is 6.42 Å². The van der Waals surface area contributed by atoms with Gasteiger partial charge in [0, 0.05) is 12.0 Å². The molecule has 0 heterocycles. The quantitative estimate of drug-likeness (QED) is 0.577. The molecule has 17 heavy (non-hydrogen) atoms. The summed E-state index contributed by atoms with van der Waals surface area (Å²) in [6, 6.07) is 0. The Morgan fingerprint density at radius 3 is 2.12 bits per heavy atom. The third kappa shape index (κ3) is 4.94. The number of hydrogen-bond donors (Lipinski definition) is 1. The fraction of sp³-hybridized carbons (Fsp3) is 0.857. The molecule has 0 aromatic carbocycles. The van der Waals surface area contributed by atoms with Gasteiger partial charge in [0.25, 0.3) is 0 Å². The lowest BCUT2D eigenvalue weighted by Crippen LogP contribution is -2.46. The topological polar surface area (TPSA) is 29.5 Å². The normalized spacial score (nSPS) is 18.6. The zero-order valence-corrected chi connectivity index (χ0v) is 13.6. The minimum absolute atomic E-state index is 0.0887. The summed E-state index contributed by atoms with van der Waals surface area (Å²) < 4.78 is 6.28. The van der Waals surface area contributed by atoms with Crippen molar-refractivity contribution in [3.63, 3.8) is 0 Å². The highest BCUT2D eigenvalue weighted by atomic mass is 28.4. The molecule has 3 heteroatoms. The van der Waals surface area contributed by atoms with Gasteiger partial charge in [0.05, 0.1) is 6.10 Å². The van der Waals surface area contributed by atoms with Crippen LogP contribution in [0.25, 0.3) is 0 Å². The molecule has 0 aromatic rings. The molecule has 102 valence electrons. The summed E-state index contributed by atoms with van der Waals surface area (Å²) in [7, 11) is -1.74. The van der Waals surface area contributed by atoms with Crippen molar-refractivity contribution in [2.75, 3.05) is 0 Å². The smallest absolute Gasteiger partial charge is 0.192 e. The Labute approximate surface area is 108 Å². The van der Waals surface area contributed by atoms with Crippen LogP contribution in [0.15, 0.2) is 12.7 Å². The van der Waals surface area contributed by atoms with E-state index in [1.165, 1.54) is 0 Å². The van der Waals surface area contributed by atoms with E-state index in [4.69, 9.17) is 4.43 Å². The number of rotatable bonds is 6. The highest BCUT2D eigenvalue weighted by molar-refractivity contribution is 6.74. The van der Waals surface area contributed by atoms with Crippen LogP contribution in [0.3, 0.4) is 0 Å². The monoisotopic (exact) mass is 258 g/mol. The van der Waals surface area contributed by atoms with Crippen LogP contribution in [0.1, 0.15) is 41.0 Å². The molecule has 0 amide bonds. The molecule has 0 aromatic heterocycles. The molecule has 0 spiro atoms. The SMILES string of the molecule is C=CC[C@@H](O)[C@H](C)[C@H](C)O[Si](C)(C)C(C)(C)C. The van der Waals surface area contributed by atoms with Gasteiger partial charge in [-0.3, -0.25) is 0 Å². The van der Waals surface area contributed by atoms with Gasteiger partial charge >= 0.3 is 0 Å². The van der Waals surface area contributed by atoms with Crippen LogP contribution in [-0.2, 0) is 4.43 Å². The van der Waals surface area contributed by atoms with Gasteiger partial charge in [-0.2, -0.15) is 0 Å². The van der Waals surface area contributed by atoms with Gasteiger partial charge in [0.15, 0.2) is 8.32 Å². The summed E-state index contributed by atoms with van der Waals surface area (Å²) in [5, 5.41) is 10.2. The second kappa shape index (κ2) is 6.16. The second-order valence-corrected chi connectivity index (χ2v) is 11.3. The van der Waals surface area contributed by atoms with Crippen LogP contribution in [0, 0.1) is 5.92 Å². The van der Waals surface area contributed by atoms with Gasteiger partial charge < -0.3 is 9.53 Å². The first-order chi connectivity index (χ1) is 7.53. The largest absolute Gasteiger partial charge is 0.414 e. The maximum absolute atomic E-state index is 9.95. The van der Waals surface area contributed by atoms with E-state index >= 15 is 0 Å². The van der Waals surface area contributed by atoms with E-state index < -0.39 is 8.32 Å². The van der Waals surface area contributed by atoms with Crippen LogP contribution in [0.5, 0.6) is 0 Å². The molecule has 0 saturated carbocycles. The number of aliphatic hydroxyl groups is 1. The molecule has 0 saturated heterocycles. The van der Waals surface area contributed by atoms with E-state index in [2.05, 4.69) is 47.4 Å². The lowest BCUT2D eigenvalue weighted by Gasteiger charge is -2.40. The predicted molar refractivity (Wildman–Crippen MR) is 77.7 cm³/mol. The molecule has 0 radical (unpaired) electrons. The van der Waals surface area contributed by atoms with E-state index in [-0.39, 0.29) is 23.2 Å². The Morgan fingerprint density at radius 1 is 1.29 bits per heavy atom. The third-order valence-corrected chi connectivity index (χ3v) is 8.62. The van der Waals surface area contributed by atoms with Crippen LogP contribution in [0.2, 0.25) is 18.1 Å². The summed E-state index contributed by atoms with van der Waals surface area (Å²) in [4.78, 5) is 0. The van der Waals surface area contributed by atoms with Gasteiger partial charge in [0.2, 0.25) is 0 Å². The first-order valence-electron chi connectivity index (χ1n) is 6.49. The maximum atomic E-state index is 9.95. The van der Waals surface area contributed by atoms with E-state index in [0.717, 1.165) is 0 Å². The standard InChI is InChI=1S/C14H30O2Si/c1-9-10-13(15)11(2)12(3)16-17(7,8)14(4,5)6/h9,11-13,15H,1,10H2,2-8H3/t11-,12+,13-/m1/s1. The van der Waals surface area contributed by atoms with Crippen molar-refractivity contribution in [1.82, 2.24) is 0 Å². The highest BCUT2D eigenvalue weighted by Gasteiger charge is 2.39. The average molecular weight is 258 g/mol. The molecule has 0 bridgehead atoms. The van der Waals surface area contributed by atoms with Crippen LogP contribution >= 0.6 is 0 Å². The highest BCUT2D eigenvalue weighted by Crippen LogP contribution is 2.38. The zero-order chi connectivity index (χ0) is 13.9. The van der Waals surface area contributed by atoms with Gasteiger partial charge in [-0.15, -0.1) is 6.58 Å².